The van der Waals surface area contributed by atoms with Gasteiger partial charge in [-0.25, -0.2) is 0 Å². The second-order valence-electron chi connectivity index (χ2n) is 21.1. The topological polar surface area (TPSA) is 149 Å². The van der Waals surface area contributed by atoms with Gasteiger partial charge in [-0.15, -0.1) is 0 Å². The van der Waals surface area contributed by atoms with Gasteiger partial charge in [0.25, 0.3) is 0 Å². The minimum atomic E-state index is -1.55. The molecule has 0 bridgehead atoms. The van der Waals surface area contributed by atoms with Gasteiger partial charge in [-0.2, -0.15) is 0 Å². The molecule has 1 saturated heterocycles. The Hall–Kier alpha value is -2.89. The van der Waals surface area contributed by atoms with E-state index in [0.717, 1.165) is 89.9 Å². The predicted octanol–water partition coefficient (Wildman–Crippen LogP) is 16.0. The summed E-state index contributed by atoms with van der Waals surface area (Å²) < 4.78 is 11.3. The highest BCUT2D eigenvalue weighted by atomic mass is 16.7. The van der Waals surface area contributed by atoms with E-state index in [2.05, 4.69) is 116 Å². The zero-order valence-corrected chi connectivity index (χ0v) is 48.0. The number of aliphatic hydroxyl groups is 5. The highest BCUT2D eigenvalue weighted by Crippen LogP contribution is 2.23. The van der Waals surface area contributed by atoms with Gasteiger partial charge >= 0.3 is 0 Å². The van der Waals surface area contributed by atoms with Crippen LogP contribution in [0.2, 0.25) is 0 Å². The normalized spacial score (nSPS) is 19.6. The molecule has 9 heteroatoms. The van der Waals surface area contributed by atoms with E-state index in [-0.39, 0.29) is 12.5 Å². The summed E-state index contributed by atoms with van der Waals surface area (Å²) in [5, 5.41) is 54.5. The Bertz CT molecular complexity index is 1500. The first-order valence-corrected chi connectivity index (χ1v) is 30.9. The predicted molar refractivity (Wildman–Crippen MR) is 318 cm³/mol. The second-order valence-corrected chi connectivity index (χ2v) is 21.1. The third-order valence-corrected chi connectivity index (χ3v) is 14.2. The molecule has 9 nitrogen and oxygen atoms in total. The third kappa shape index (κ3) is 43.7. The quantitative estimate of drug-likeness (QED) is 0.0261. The number of allylic oxidation sites excluding steroid dienone is 16. The van der Waals surface area contributed by atoms with E-state index < -0.39 is 49.5 Å². The Morgan fingerprint density at radius 1 is 0.467 bits per heavy atom. The van der Waals surface area contributed by atoms with Crippen LogP contribution >= 0.6 is 0 Å². The number of carbonyl (C=O) groups excluding carboxylic acids is 1. The van der Waals surface area contributed by atoms with Crippen molar-refractivity contribution in [3.8, 4) is 0 Å². The number of carbonyl (C=O) groups is 1. The largest absolute Gasteiger partial charge is 0.394 e. The molecule has 1 amide bonds. The molecule has 0 spiro atoms. The SMILES string of the molecule is CC/C=C\C/C=C\C/C=C\C/C=C\C/C=C\C/C=C\C/C=C\C/C=C\CCCCCCCCCCCCCCCCCCC(=O)NC(COC1OC(CO)C(O)C(O)C1O)C(O)CCCCCCCCCCCCC. The first-order valence-electron chi connectivity index (χ1n) is 30.9. The van der Waals surface area contributed by atoms with Crippen LogP contribution in [0.5, 0.6) is 0 Å². The molecule has 6 N–H and O–H groups in total. The summed E-state index contributed by atoms with van der Waals surface area (Å²) in [5.41, 5.74) is 0. The molecule has 7 atom stereocenters. The molecule has 0 aromatic heterocycles. The first-order chi connectivity index (χ1) is 36.8. The lowest BCUT2D eigenvalue weighted by atomic mass is 9.99. The Morgan fingerprint density at radius 3 is 1.23 bits per heavy atom. The number of ether oxygens (including phenoxy) is 2. The van der Waals surface area contributed by atoms with Crippen molar-refractivity contribution in [1.82, 2.24) is 5.32 Å². The summed E-state index contributed by atoms with van der Waals surface area (Å²) in [6.45, 7) is 3.71. The van der Waals surface area contributed by atoms with Gasteiger partial charge in [-0.05, 0) is 77.0 Å². The van der Waals surface area contributed by atoms with Crippen LogP contribution < -0.4 is 5.32 Å². The van der Waals surface area contributed by atoms with E-state index in [4.69, 9.17) is 9.47 Å². The van der Waals surface area contributed by atoms with Crippen LogP contribution in [0.4, 0.5) is 0 Å². The number of rotatable bonds is 52. The Morgan fingerprint density at radius 2 is 0.827 bits per heavy atom. The number of aliphatic hydroxyl groups excluding tert-OH is 5. The van der Waals surface area contributed by atoms with Crippen LogP contribution in [0.1, 0.15) is 258 Å². The fourth-order valence-electron chi connectivity index (χ4n) is 9.35. The number of nitrogens with one attached hydrogen (secondary N) is 1. The minimum absolute atomic E-state index is 0.139. The molecule has 1 fully saturated rings. The molecule has 0 radical (unpaired) electrons. The lowest BCUT2D eigenvalue weighted by Crippen LogP contribution is -2.60. The maximum Gasteiger partial charge on any atom is 0.220 e. The summed E-state index contributed by atoms with van der Waals surface area (Å²) in [5.74, 6) is -0.147. The van der Waals surface area contributed by atoms with Crippen molar-refractivity contribution in [2.75, 3.05) is 13.2 Å². The molecule has 0 saturated carbocycles. The van der Waals surface area contributed by atoms with Crippen molar-refractivity contribution in [2.24, 2.45) is 0 Å². The van der Waals surface area contributed by atoms with Gasteiger partial charge in [-0.3, -0.25) is 4.79 Å². The standard InChI is InChI=1S/C66H115NO8/c1-3-5-7-9-11-13-15-16-17-18-19-20-21-22-23-24-25-26-27-28-29-30-31-32-33-34-35-36-37-38-39-40-41-42-43-44-46-48-50-52-54-56-62(70)67-59(58-74-66-65(73)64(72)63(71)61(57-68)75-66)60(69)55-53-51-49-47-45-14-12-10-8-6-4-2/h5,7,11,13,16-17,19-20,22-23,25-26,28-29,31-32,59-61,63-66,68-69,71-73H,3-4,6,8-10,12,14-15,18,21,24,27,30,33-58H2,1-2H3,(H,67,70)/b7-5-,13-11-,17-16-,20-19-,23-22-,26-25-,29-28-,32-31-. The Balaban J connectivity index is 2.05. The molecule has 1 aliphatic heterocycles. The number of hydrogen-bond donors (Lipinski definition) is 6. The van der Waals surface area contributed by atoms with Crippen LogP contribution in [0.25, 0.3) is 0 Å². The monoisotopic (exact) mass is 1050 g/mol. The van der Waals surface area contributed by atoms with Crippen molar-refractivity contribution in [3.05, 3.63) is 97.2 Å². The molecular formula is C66H115NO8. The fraction of sp³-hybridized carbons (Fsp3) is 0.742. The smallest absolute Gasteiger partial charge is 0.220 e. The molecule has 0 aromatic rings. The Labute approximate surface area is 460 Å². The van der Waals surface area contributed by atoms with Gasteiger partial charge in [0.05, 0.1) is 25.4 Å². The molecule has 1 rings (SSSR count). The molecule has 1 heterocycles. The maximum atomic E-state index is 13.0. The van der Waals surface area contributed by atoms with Crippen LogP contribution in [-0.2, 0) is 14.3 Å². The van der Waals surface area contributed by atoms with Crippen LogP contribution in [-0.4, -0.2) is 87.5 Å². The van der Waals surface area contributed by atoms with Crippen LogP contribution in [0, 0.1) is 0 Å². The summed E-state index contributed by atoms with van der Waals surface area (Å²) in [7, 11) is 0. The summed E-state index contributed by atoms with van der Waals surface area (Å²) >= 11 is 0. The van der Waals surface area contributed by atoms with E-state index in [1.807, 2.05) is 0 Å². The van der Waals surface area contributed by atoms with E-state index in [9.17, 15) is 30.3 Å². The molecule has 0 aliphatic carbocycles. The highest BCUT2D eigenvalue weighted by molar-refractivity contribution is 5.76. The second kappa shape index (κ2) is 54.5. The van der Waals surface area contributed by atoms with Crippen molar-refractivity contribution in [3.63, 3.8) is 0 Å². The minimum Gasteiger partial charge on any atom is -0.394 e. The average molecular weight is 1050 g/mol. The molecule has 432 valence electrons. The van der Waals surface area contributed by atoms with Gasteiger partial charge in [0, 0.05) is 6.42 Å². The zero-order valence-electron chi connectivity index (χ0n) is 48.0. The zero-order chi connectivity index (χ0) is 54.3. The molecule has 75 heavy (non-hydrogen) atoms. The first kappa shape index (κ1) is 70.1. The van der Waals surface area contributed by atoms with Crippen molar-refractivity contribution in [1.29, 1.82) is 0 Å². The number of hydrogen-bond acceptors (Lipinski definition) is 8. The van der Waals surface area contributed by atoms with E-state index in [1.165, 1.54) is 141 Å². The Kier molecular flexibility index (Phi) is 50.9. The van der Waals surface area contributed by atoms with Crippen LogP contribution in [0.15, 0.2) is 97.2 Å². The summed E-state index contributed by atoms with van der Waals surface area (Å²) in [6, 6.07) is -0.721. The molecule has 7 unspecified atom stereocenters. The lowest BCUT2D eigenvalue weighted by molar-refractivity contribution is -0.302. The third-order valence-electron chi connectivity index (χ3n) is 14.2. The van der Waals surface area contributed by atoms with Crippen molar-refractivity contribution >= 4 is 5.91 Å². The highest BCUT2D eigenvalue weighted by Gasteiger charge is 2.44. The molecular weight excluding hydrogens is 935 g/mol. The van der Waals surface area contributed by atoms with Gasteiger partial charge in [0.2, 0.25) is 5.91 Å². The van der Waals surface area contributed by atoms with Gasteiger partial charge in [-0.1, -0.05) is 272 Å². The molecule has 1 aliphatic rings. The average Bonchev–Trinajstić information content (AvgIpc) is 3.41. The van der Waals surface area contributed by atoms with Crippen molar-refractivity contribution in [2.45, 2.75) is 301 Å². The van der Waals surface area contributed by atoms with E-state index in [1.54, 1.807) is 0 Å². The van der Waals surface area contributed by atoms with Crippen molar-refractivity contribution < 1.29 is 39.8 Å². The van der Waals surface area contributed by atoms with E-state index >= 15 is 0 Å². The lowest BCUT2D eigenvalue weighted by Gasteiger charge is -2.40. The number of amides is 1. The fourth-order valence-corrected chi connectivity index (χ4v) is 9.35. The summed E-state index contributed by atoms with van der Waals surface area (Å²) in [4.78, 5) is 13.0. The maximum absolute atomic E-state index is 13.0. The summed E-state index contributed by atoms with van der Waals surface area (Å²) in [6.07, 6.45) is 71.8. The van der Waals surface area contributed by atoms with Crippen LogP contribution in [0.3, 0.4) is 0 Å². The van der Waals surface area contributed by atoms with Gasteiger partial charge < -0.3 is 40.3 Å². The van der Waals surface area contributed by atoms with E-state index in [0.29, 0.717) is 12.8 Å². The van der Waals surface area contributed by atoms with Gasteiger partial charge in [0.1, 0.15) is 24.4 Å². The van der Waals surface area contributed by atoms with Gasteiger partial charge in [0.15, 0.2) is 6.29 Å². The number of unbranched alkanes of at least 4 members (excludes halogenated alkanes) is 26. The molecule has 0 aromatic carbocycles.